The van der Waals surface area contributed by atoms with Crippen molar-refractivity contribution in [2.45, 2.75) is 6.92 Å². The highest BCUT2D eigenvalue weighted by atomic mass is 35.5. The largest absolute Gasteiger partial charge is 0.298 e. The van der Waals surface area contributed by atoms with Gasteiger partial charge in [-0.1, -0.05) is 58.6 Å². The molecule has 0 atom stereocenters. The molecule has 0 amide bonds. The van der Waals surface area contributed by atoms with E-state index in [9.17, 15) is 4.79 Å². The van der Waals surface area contributed by atoms with Gasteiger partial charge >= 0.3 is 0 Å². The van der Waals surface area contributed by atoms with E-state index in [0.717, 1.165) is 17.4 Å². The molecule has 0 saturated heterocycles. The van der Waals surface area contributed by atoms with Crippen LogP contribution >= 0.6 is 34.8 Å². The SMILES string of the molecule is Cc1ccc(C=O)c(-c2c(Cl)cc(Cl)cc2Cl)c1. The van der Waals surface area contributed by atoms with E-state index in [-0.39, 0.29) is 0 Å². The van der Waals surface area contributed by atoms with Crippen LogP contribution in [-0.4, -0.2) is 6.29 Å². The lowest BCUT2D eigenvalue weighted by Crippen LogP contribution is -1.91. The van der Waals surface area contributed by atoms with Gasteiger partial charge in [0.05, 0.1) is 10.0 Å². The molecule has 0 fully saturated rings. The maximum absolute atomic E-state index is 11.1. The number of carbonyl (C=O) groups is 1. The zero-order valence-corrected chi connectivity index (χ0v) is 11.8. The van der Waals surface area contributed by atoms with Gasteiger partial charge in [0.15, 0.2) is 6.29 Å². The fourth-order valence-electron chi connectivity index (χ4n) is 1.79. The van der Waals surface area contributed by atoms with Gasteiger partial charge in [0.2, 0.25) is 0 Å². The molecule has 2 rings (SSSR count). The fourth-order valence-corrected chi connectivity index (χ4v) is 2.81. The van der Waals surface area contributed by atoms with Crippen LogP contribution in [0.15, 0.2) is 30.3 Å². The number of benzene rings is 2. The maximum atomic E-state index is 11.1. The monoisotopic (exact) mass is 298 g/mol. The third kappa shape index (κ3) is 2.54. The minimum atomic E-state index is 0.432. The summed E-state index contributed by atoms with van der Waals surface area (Å²) in [7, 11) is 0. The quantitative estimate of drug-likeness (QED) is 0.675. The molecule has 18 heavy (non-hydrogen) atoms. The zero-order chi connectivity index (χ0) is 13.3. The van der Waals surface area contributed by atoms with Crippen LogP contribution in [0.25, 0.3) is 11.1 Å². The Morgan fingerprint density at radius 3 is 2.17 bits per heavy atom. The molecule has 1 nitrogen and oxygen atoms in total. The van der Waals surface area contributed by atoms with Crippen molar-refractivity contribution in [3.8, 4) is 11.1 Å². The molecular formula is C14H9Cl3O. The molecule has 2 aromatic rings. The van der Waals surface area contributed by atoms with E-state index in [2.05, 4.69) is 0 Å². The first-order valence-electron chi connectivity index (χ1n) is 5.23. The lowest BCUT2D eigenvalue weighted by molar-refractivity contribution is 0.112. The van der Waals surface area contributed by atoms with E-state index in [4.69, 9.17) is 34.8 Å². The molecule has 92 valence electrons. The molecule has 0 aliphatic heterocycles. The number of aryl methyl sites for hydroxylation is 1. The van der Waals surface area contributed by atoms with E-state index in [1.165, 1.54) is 0 Å². The highest BCUT2D eigenvalue weighted by molar-refractivity contribution is 6.42. The molecule has 0 aliphatic rings. The summed E-state index contributed by atoms with van der Waals surface area (Å²) < 4.78 is 0. The van der Waals surface area contributed by atoms with Crippen LogP contribution in [0.5, 0.6) is 0 Å². The van der Waals surface area contributed by atoms with Crippen LogP contribution in [0, 0.1) is 6.92 Å². The van der Waals surface area contributed by atoms with Crippen molar-refractivity contribution in [1.29, 1.82) is 0 Å². The predicted molar refractivity (Wildman–Crippen MR) is 77.0 cm³/mol. The number of halogens is 3. The van der Waals surface area contributed by atoms with E-state index >= 15 is 0 Å². The Hall–Kier alpha value is -1.02. The highest BCUT2D eigenvalue weighted by Gasteiger charge is 2.13. The Morgan fingerprint density at radius 1 is 1.00 bits per heavy atom. The van der Waals surface area contributed by atoms with Gasteiger partial charge in [0, 0.05) is 16.1 Å². The number of aldehydes is 1. The smallest absolute Gasteiger partial charge is 0.150 e. The van der Waals surface area contributed by atoms with Crippen LogP contribution in [0.1, 0.15) is 15.9 Å². The van der Waals surface area contributed by atoms with Gasteiger partial charge < -0.3 is 0 Å². The van der Waals surface area contributed by atoms with Crippen LogP contribution < -0.4 is 0 Å². The molecule has 2 aromatic carbocycles. The van der Waals surface area contributed by atoms with Crippen molar-refractivity contribution in [1.82, 2.24) is 0 Å². The van der Waals surface area contributed by atoms with Gasteiger partial charge in [-0.25, -0.2) is 0 Å². The van der Waals surface area contributed by atoms with Crippen molar-refractivity contribution >= 4 is 41.1 Å². The Morgan fingerprint density at radius 2 is 1.61 bits per heavy atom. The maximum Gasteiger partial charge on any atom is 0.150 e. The lowest BCUT2D eigenvalue weighted by atomic mass is 9.98. The van der Waals surface area contributed by atoms with Gasteiger partial charge in [-0.2, -0.15) is 0 Å². The first-order valence-corrected chi connectivity index (χ1v) is 6.37. The molecule has 0 N–H and O–H groups in total. The minimum Gasteiger partial charge on any atom is -0.298 e. The molecule has 0 saturated carbocycles. The second kappa shape index (κ2) is 5.31. The van der Waals surface area contributed by atoms with E-state index in [1.807, 2.05) is 19.1 Å². The molecular weight excluding hydrogens is 291 g/mol. The van der Waals surface area contributed by atoms with Crippen LogP contribution in [0.2, 0.25) is 15.1 Å². The summed E-state index contributed by atoms with van der Waals surface area (Å²) in [6.07, 6.45) is 0.788. The normalized spacial score (nSPS) is 10.4. The Bertz CT molecular complexity index is 597. The average molecular weight is 300 g/mol. The van der Waals surface area contributed by atoms with Crippen molar-refractivity contribution < 1.29 is 4.79 Å². The lowest BCUT2D eigenvalue weighted by Gasteiger charge is -2.11. The summed E-state index contributed by atoms with van der Waals surface area (Å²) in [6.45, 7) is 1.94. The minimum absolute atomic E-state index is 0.432. The van der Waals surface area contributed by atoms with E-state index in [0.29, 0.717) is 26.2 Å². The standard InChI is InChI=1S/C14H9Cl3O/c1-8-2-3-9(7-18)11(4-8)14-12(16)5-10(15)6-13(14)17/h2-7H,1H3. The second-order valence-electron chi connectivity index (χ2n) is 3.95. The number of rotatable bonds is 2. The summed E-state index contributed by atoms with van der Waals surface area (Å²) in [5, 5.41) is 1.33. The van der Waals surface area contributed by atoms with Crippen LogP contribution in [0.3, 0.4) is 0 Å². The van der Waals surface area contributed by atoms with E-state index in [1.54, 1.807) is 18.2 Å². The Kier molecular flexibility index (Phi) is 3.96. The number of hydrogen-bond donors (Lipinski definition) is 0. The molecule has 0 unspecified atom stereocenters. The third-order valence-corrected chi connectivity index (χ3v) is 3.43. The van der Waals surface area contributed by atoms with E-state index < -0.39 is 0 Å². The third-order valence-electron chi connectivity index (χ3n) is 2.61. The zero-order valence-electron chi connectivity index (χ0n) is 9.51. The van der Waals surface area contributed by atoms with Gasteiger partial charge in [-0.3, -0.25) is 4.79 Å². The summed E-state index contributed by atoms with van der Waals surface area (Å²) in [5.41, 5.74) is 2.93. The molecule has 4 heteroatoms. The fraction of sp³-hybridized carbons (Fsp3) is 0.0714. The first kappa shape index (κ1) is 13.4. The van der Waals surface area contributed by atoms with Crippen molar-refractivity contribution in [3.05, 3.63) is 56.5 Å². The summed E-state index contributed by atoms with van der Waals surface area (Å²) in [5.74, 6) is 0. The first-order chi connectivity index (χ1) is 8.52. The summed E-state index contributed by atoms with van der Waals surface area (Å²) >= 11 is 18.2. The van der Waals surface area contributed by atoms with Crippen molar-refractivity contribution in [3.63, 3.8) is 0 Å². The molecule has 0 bridgehead atoms. The average Bonchev–Trinajstić information content (AvgIpc) is 2.28. The second-order valence-corrected chi connectivity index (χ2v) is 5.20. The van der Waals surface area contributed by atoms with Gasteiger partial charge in [-0.15, -0.1) is 0 Å². The number of hydrogen-bond acceptors (Lipinski definition) is 1. The number of carbonyl (C=O) groups excluding carboxylic acids is 1. The molecule has 0 spiro atoms. The van der Waals surface area contributed by atoms with Gasteiger partial charge in [-0.05, 0) is 24.6 Å². The van der Waals surface area contributed by atoms with Crippen LogP contribution in [0.4, 0.5) is 0 Å². The van der Waals surface area contributed by atoms with Crippen molar-refractivity contribution in [2.24, 2.45) is 0 Å². The van der Waals surface area contributed by atoms with Crippen molar-refractivity contribution in [2.75, 3.05) is 0 Å². The highest BCUT2D eigenvalue weighted by Crippen LogP contribution is 2.38. The molecule has 0 aromatic heterocycles. The summed E-state index contributed by atoms with van der Waals surface area (Å²) in [4.78, 5) is 11.1. The molecule has 0 radical (unpaired) electrons. The predicted octanol–water partition coefficient (Wildman–Crippen LogP) is 5.43. The molecule has 0 aliphatic carbocycles. The topological polar surface area (TPSA) is 17.1 Å². The molecule has 0 heterocycles. The summed E-state index contributed by atoms with van der Waals surface area (Å²) in [6, 6.07) is 8.72. The Labute approximate surface area is 120 Å². The van der Waals surface area contributed by atoms with Gasteiger partial charge in [0.25, 0.3) is 0 Å². The Balaban J connectivity index is 2.76. The van der Waals surface area contributed by atoms with Gasteiger partial charge in [0.1, 0.15) is 0 Å². The van der Waals surface area contributed by atoms with Crippen LogP contribution in [-0.2, 0) is 0 Å².